The quantitative estimate of drug-likeness (QED) is 0.159. The number of rotatable bonds is 12. The van der Waals surface area contributed by atoms with Crippen molar-refractivity contribution in [3.63, 3.8) is 0 Å². The van der Waals surface area contributed by atoms with Gasteiger partial charge in [0.2, 0.25) is 0 Å². The highest BCUT2D eigenvalue weighted by Gasteiger charge is 2.25. The lowest BCUT2D eigenvalue weighted by atomic mass is 9.96. The minimum Gasteiger partial charge on any atom is -0.493 e. The maximum absolute atomic E-state index is 14.6. The van der Waals surface area contributed by atoms with Crippen molar-refractivity contribution in [3.8, 4) is 16.9 Å². The zero-order chi connectivity index (χ0) is 28.8. The number of benzene rings is 4. The van der Waals surface area contributed by atoms with Gasteiger partial charge in [0.1, 0.15) is 17.3 Å². The third-order valence-corrected chi connectivity index (χ3v) is 7.26. The second-order valence-corrected chi connectivity index (χ2v) is 10.5. The summed E-state index contributed by atoms with van der Waals surface area (Å²) in [7, 11) is 4.11. The van der Waals surface area contributed by atoms with Crippen molar-refractivity contribution in [1.82, 2.24) is 9.47 Å². The van der Waals surface area contributed by atoms with Crippen molar-refractivity contribution in [2.45, 2.75) is 25.8 Å². The number of unbranched alkanes of at least 4 members (excludes halogenated alkanes) is 1. The summed E-state index contributed by atoms with van der Waals surface area (Å²) in [5.74, 6) is -0.645. The van der Waals surface area contributed by atoms with Gasteiger partial charge in [-0.05, 0) is 80.7 Å². The maximum atomic E-state index is 14.6. The van der Waals surface area contributed by atoms with E-state index in [4.69, 9.17) is 4.74 Å². The molecule has 5 nitrogen and oxygen atoms in total. The first-order chi connectivity index (χ1) is 19.9. The second-order valence-electron chi connectivity index (χ2n) is 10.5. The molecule has 0 unspecified atom stereocenters. The Morgan fingerprint density at radius 3 is 2.56 bits per heavy atom. The van der Waals surface area contributed by atoms with Crippen molar-refractivity contribution in [1.29, 1.82) is 0 Å². The molecule has 1 heterocycles. The number of aryl methyl sites for hydroxylation is 1. The summed E-state index contributed by atoms with van der Waals surface area (Å²) in [5, 5.41) is 13.2. The van der Waals surface area contributed by atoms with Gasteiger partial charge >= 0.3 is 5.97 Å². The van der Waals surface area contributed by atoms with E-state index in [0.717, 1.165) is 47.0 Å². The number of aromatic nitrogens is 1. The molecule has 5 aromatic rings. The number of carboxylic acid groups (broad SMARTS) is 1. The number of nitrogens with zero attached hydrogens (tertiary/aromatic N) is 2. The minimum atomic E-state index is -1.05. The molecule has 0 saturated carbocycles. The molecule has 4 aromatic carbocycles. The van der Waals surface area contributed by atoms with Crippen molar-refractivity contribution in [2.75, 3.05) is 27.2 Å². The molecule has 0 aliphatic heterocycles. The van der Waals surface area contributed by atoms with Gasteiger partial charge in [-0.25, -0.2) is 9.18 Å². The van der Waals surface area contributed by atoms with Gasteiger partial charge in [-0.2, -0.15) is 0 Å². The van der Waals surface area contributed by atoms with Crippen LogP contribution in [0.3, 0.4) is 0 Å². The van der Waals surface area contributed by atoms with Gasteiger partial charge in [-0.15, -0.1) is 0 Å². The first kappa shape index (κ1) is 28.1. The van der Waals surface area contributed by atoms with Crippen molar-refractivity contribution >= 4 is 33.7 Å². The highest BCUT2D eigenvalue weighted by Crippen LogP contribution is 2.38. The first-order valence-electron chi connectivity index (χ1n) is 14.0. The average molecular weight is 551 g/mol. The summed E-state index contributed by atoms with van der Waals surface area (Å²) in [5.41, 5.74) is 3.06. The fraction of sp³-hybridized carbons (Fsp3) is 0.229. The van der Waals surface area contributed by atoms with E-state index in [1.165, 1.54) is 12.1 Å². The summed E-state index contributed by atoms with van der Waals surface area (Å²) in [6, 6.07) is 26.2. The van der Waals surface area contributed by atoms with E-state index in [9.17, 15) is 14.3 Å². The number of fused-ring (bicyclic) bond motifs is 2. The highest BCUT2D eigenvalue weighted by molar-refractivity contribution is 6.09. The van der Waals surface area contributed by atoms with Crippen molar-refractivity contribution in [3.05, 3.63) is 108 Å². The summed E-state index contributed by atoms with van der Waals surface area (Å²) >= 11 is 0. The van der Waals surface area contributed by atoms with E-state index >= 15 is 0 Å². The molecule has 0 atom stereocenters. The van der Waals surface area contributed by atoms with Gasteiger partial charge in [0.25, 0.3) is 0 Å². The molecule has 0 aliphatic carbocycles. The van der Waals surface area contributed by atoms with Crippen LogP contribution in [0.2, 0.25) is 0 Å². The molecular weight excluding hydrogens is 515 g/mol. The summed E-state index contributed by atoms with van der Waals surface area (Å²) in [6.45, 7) is 1.82. The molecule has 0 amide bonds. The van der Waals surface area contributed by atoms with Crippen LogP contribution in [0.4, 0.5) is 4.39 Å². The van der Waals surface area contributed by atoms with Gasteiger partial charge in [0, 0.05) is 28.4 Å². The Morgan fingerprint density at radius 2 is 1.73 bits per heavy atom. The maximum Gasteiger partial charge on any atom is 0.353 e. The Morgan fingerprint density at radius 1 is 0.951 bits per heavy atom. The summed E-state index contributed by atoms with van der Waals surface area (Å²) in [4.78, 5) is 14.9. The Hall–Kier alpha value is -4.42. The van der Waals surface area contributed by atoms with Crippen LogP contribution in [0.25, 0.3) is 38.9 Å². The normalized spacial score (nSPS) is 11.7. The Labute approximate surface area is 240 Å². The van der Waals surface area contributed by atoms with Crippen molar-refractivity contribution in [2.24, 2.45) is 0 Å². The fourth-order valence-electron chi connectivity index (χ4n) is 5.39. The average Bonchev–Trinajstić information content (AvgIpc) is 3.28. The molecule has 0 radical (unpaired) electrons. The zero-order valence-electron chi connectivity index (χ0n) is 23.5. The summed E-state index contributed by atoms with van der Waals surface area (Å²) < 4.78 is 22.5. The van der Waals surface area contributed by atoms with Crippen LogP contribution in [0.5, 0.6) is 5.75 Å². The molecule has 0 fully saturated rings. The van der Waals surface area contributed by atoms with E-state index < -0.39 is 11.8 Å². The third kappa shape index (κ3) is 6.34. The van der Waals surface area contributed by atoms with Gasteiger partial charge < -0.3 is 19.3 Å². The van der Waals surface area contributed by atoms with Gasteiger partial charge in [-0.1, -0.05) is 72.8 Å². The van der Waals surface area contributed by atoms with Crippen LogP contribution < -0.4 is 4.74 Å². The van der Waals surface area contributed by atoms with E-state index in [-0.39, 0.29) is 5.69 Å². The van der Waals surface area contributed by atoms with Crippen LogP contribution in [-0.2, 0) is 6.54 Å². The molecule has 210 valence electrons. The number of carboxylic acids is 1. The molecule has 0 saturated heterocycles. The Bertz CT molecular complexity index is 1700. The van der Waals surface area contributed by atoms with E-state index in [2.05, 4.69) is 25.1 Å². The molecule has 0 spiro atoms. The Balaban J connectivity index is 1.46. The van der Waals surface area contributed by atoms with Crippen LogP contribution >= 0.6 is 0 Å². The molecule has 0 bridgehead atoms. The number of ether oxygens (including phenoxy) is 1. The standard InChI is InChI=1S/C35H35FN2O3/c1-37(2)21-9-3-4-12-26-14-6-8-17-29(26)33-30-24-27(36)19-20-31(30)38(34(33)35(39)40)22-11-23-41-32-18-10-15-25-13-5-7-16-28(25)32/h4-8,10,12-20,24H,3,9,11,21-23H2,1-2H3,(H,39,40)/b12-4+. The topological polar surface area (TPSA) is 54.7 Å². The minimum absolute atomic E-state index is 0.157. The lowest BCUT2D eigenvalue weighted by Gasteiger charge is -2.12. The predicted octanol–water partition coefficient (Wildman–Crippen LogP) is 8.12. The summed E-state index contributed by atoms with van der Waals surface area (Å²) in [6.07, 6.45) is 6.67. The predicted molar refractivity (Wildman–Crippen MR) is 165 cm³/mol. The van der Waals surface area contributed by atoms with Gasteiger partial charge in [0.05, 0.1) is 6.61 Å². The number of carbonyl (C=O) groups is 1. The molecule has 5 rings (SSSR count). The zero-order valence-corrected chi connectivity index (χ0v) is 23.5. The smallest absolute Gasteiger partial charge is 0.353 e. The molecule has 41 heavy (non-hydrogen) atoms. The second kappa shape index (κ2) is 12.8. The third-order valence-electron chi connectivity index (χ3n) is 7.26. The molecule has 1 aromatic heterocycles. The molecule has 1 N–H and O–H groups in total. The SMILES string of the molecule is CN(C)CCC/C=C/c1ccccc1-c1c(C(=O)O)n(CCCOc2cccc3ccccc23)c2ccc(F)cc12. The van der Waals surface area contributed by atoms with Crippen LogP contribution in [0.15, 0.2) is 91.0 Å². The van der Waals surface area contributed by atoms with E-state index in [0.29, 0.717) is 36.0 Å². The largest absolute Gasteiger partial charge is 0.493 e. The van der Waals surface area contributed by atoms with Crippen LogP contribution in [0, 0.1) is 5.82 Å². The Kier molecular flexibility index (Phi) is 8.80. The number of halogens is 1. The van der Waals surface area contributed by atoms with Gasteiger partial charge in [-0.3, -0.25) is 0 Å². The number of allylic oxidation sites excluding steroid dienone is 1. The van der Waals surface area contributed by atoms with Crippen LogP contribution in [-0.4, -0.2) is 47.8 Å². The number of hydrogen-bond acceptors (Lipinski definition) is 3. The number of aromatic carboxylic acids is 1. The van der Waals surface area contributed by atoms with Crippen LogP contribution in [0.1, 0.15) is 35.3 Å². The number of hydrogen-bond donors (Lipinski definition) is 1. The highest BCUT2D eigenvalue weighted by atomic mass is 19.1. The molecule has 6 heteroatoms. The van der Waals surface area contributed by atoms with E-state index in [1.54, 1.807) is 10.6 Å². The van der Waals surface area contributed by atoms with E-state index in [1.807, 2.05) is 72.8 Å². The first-order valence-corrected chi connectivity index (χ1v) is 14.0. The fourth-order valence-corrected chi connectivity index (χ4v) is 5.39. The monoisotopic (exact) mass is 550 g/mol. The molecular formula is C35H35FN2O3. The van der Waals surface area contributed by atoms with Crippen molar-refractivity contribution < 1.29 is 19.0 Å². The lowest BCUT2D eigenvalue weighted by molar-refractivity contribution is 0.0686. The molecule has 0 aliphatic rings. The van der Waals surface area contributed by atoms with Gasteiger partial charge in [0.15, 0.2) is 0 Å². The lowest BCUT2D eigenvalue weighted by Crippen LogP contribution is -2.12.